The van der Waals surface area contributed by atoms with Gasteiger partial charge in [-0.05, 0) is 31.6 Å². The summed E-state index contributed by atoms with van der Waals surface area (Å²) in [5, 5.41) is 10.5. The third kappa shape index (κ3) is 51.5. The molecule has 17 nitrogen and oxygen atoms in total. The molecule has 0 rings (SSSR count). The first kappa shape index (κ1) is 74.1. The molecule has 0 spiro atoms. The van der Waals surface area contributed by atoms with E-state index in [0.717, 1.165) is 115 Å². The van der Waals surface area contributed by atoms with Crippen LogP contribution in [0.25, 0.3) is 0 Å². The van der Waals surface area contributed by atoms with E-state index in [4.69, 9.17) is 37.0 Å². The predicted octanol–water partition coefficient (Wildman–Crippen LogP) is 15.1. The number of unbranched alkanes of at least 4 members (excludes halogenated alkanes) is 29. The van der Waals surface area contributed by atoms with Crippen molar-refractivity contribution in [2.45, 2.75) is 297 Å². The van der Waals surface area contributed by atoms with Crippen LogP contribution >= 0.6 is 15.6 Å². The van der Waals surface area contributed by atoms with Crippen LogP contribution in [-0.2, 0) is 65.4 Å². The molecule has 0 aliphatic carbocycles. The van der Waals surface area contributed by atoms with E-state index in [9.17, 15) is 43.2 Å². The van der Waals surface area contributed by atoms with Crippen molar-refractivity contribution in [3.8, 4) is 0 Å². The first-order valence-electron chi connectivity index (χ1n) is 30.1. The van der Waals surface area contributed by atoms with Gasteiger partial charge in [0.2, 0.25) is 0 Å². The number of phosphoric ester groups is 2. The van der Waals surface area contributed by atoms with E-state index in [1.807, 2.05) is 0 Å². The fourth-order valence-electron chi connectivity index (χ4n) is 8.34. The molecular weight excluding hydrogens is 1020 g/mol. The number of carbonyl (C=O) groups excluding carboxylic acids is 4. The SMILES string of the molecule is CCCCCCCCCCCCC(=O)OC[C@H](COP(=O)(O)OC[C@@H](O)COP(=O)(O)OC[C@@H](COC(=O)CCCCCCC)OC(=O)CCCCCCCCC)OC(=O)CCCCCCCCCCCCCC(C)C. The van der Waals surface area contributed by atoms with Crippen molar-refractivity contribution >= 4 is 39.5 Å². The number of hydrogen-bond acceptors (Lipinski definition) is 15. The molecule has 0 saturated carbocycles. The van der Waals surface area contributed by atoms with Crippen molar-refractivity contribution in [1.29, 1.82) is 0 Å². The summed E-state index contributed by atoms with van der Waals surface area (Å²) in [6.45, 7) is 7.00. The van der Waals surface area contributed by atoms with Crippen molar-refractivity contribution in [3.05, 3.63) is 0 Å². The Balaban J connectivity index is 5.16. The van der Waals surface area contributed by atoms with E-state index in [1.165, 1.54) is 83.5 Å². The topological polar surface area (TPSA) is 237 Å². The third-order valence-corrected chi connectivity index (χ3v) is 14.9. The largest absolute Gasteiger partial charge is 0.472 e. The van der Waals surface area contributed by atoms with Gasteiger partial charge in [-0.15, -0.1) is 0 Å². The van der Waals surface area contributed by atoms with Gasteiger partial charge in [0.25, 0.3) is 0 Å². The summed E-state index contributed by atoms with van der Waals surface area (Å²) in [6.07, 6.45) is 32.5. The summed E-state index contributed by atoms with van der Waals surface area (Å²) in [5.41, 5.74) is 0. The van der Waals surface area contributed by atoms with Crippen LogP contribution in [0, 0.1) is 5.92 Å². The van der Waals surface area contributed by atoms with Gasteiger partial charge in [0, 0.05) is 25.7 Å². The summed E-state index contributed by atoms with van der Waals surface area (Å²) in [4.78, 5) is 71.5. The average molecular weight is 1130 g/mol. The Morgan fingerprint density at radius 3 is 0.895 bits per heavy atom. The van der Waals surface area contributed by atoms with Gasteiger partial charge in [-0.25, -0.2) is 9.13 Å². The maximum absolute atomic E-state index is 12.9. The predicted molar refractivity (Wildman–Crippen MR) is 298 cm³/mol. The van der Waals surface area contributed by atoms with Crippen molar-refractivity contribution < 1.29 is 80.2 Å². The number of rotatable bonds is 57. The van der Waals surface area contributed by atoms with Crippen LogP contribution in [0.5, 0.6) is 0 Å². The number of aliphatic hydroxyl groups is 1. The van der Waals surface area contributed by atoms with Crippen LogP contribution in [0.4, 0.5) is 0 Å². The highest BCUT2D eigenvalue weighted by Gasteiger charge is 2.30. The molecule has 0 aliphatic rings. The van der Waals surface area contributed by atoms with Gasteiger partial charge in [0.15, 0.2) is 12.2 Å². The summed E-state index contributed by atoms with van der Waals surface area (Å²) in [5.74, 6) is -1.39. The highest BCUT2D eigenvalue weighted by atomic mass is 31.2. The maximum atomic E-state index is 12.9. The molecule has 0 bridgehead atoms. The number of hydrogen-bond donors (Lipinski definition) is 3. The lowest BCUT2D eigenvalue weighted by Crippen LogP contribution is -2.30. The molecule has 0 aromatic heterocycles. The van der Waals surface area contributed by atoms with Crippen LogP contribution in [0.15, 0.2) is 0 Å². The first-order chi connectivity index (χ1) is 36.5. The minimum atomic E-state index is -4.93. The summed E-state index contributed by atoms with van der Waals surface area (Å²) >= 11 is 0. The lowest BCUT2D eigenvalue weighted by atomic mass is 10.0. The molecular formula is C57H110O17P2. The van der Waals surface area contributed by atoms with E-state index in [1.54, 1.807) is 0 Å². The molecule has 0 aromatic rings. The lowest BCUT2D eigenvalue weighted by molar-refractivity contribution is -0.161. The Kier molecular flexibility index (Phi) is 49.9. The maximum Gasteiger partial charge on any atom is 0.472 e. The lowest BCUT2D eigenvalue weighted by Gasteiger charge is -2.21. The smallest absolute Gasteiger partial charge is 0.462 e. The van der Waals surface area contributed by atoms with E-state index in [0.29, 0.717) is 25.7 Å². The van der Waals surface area contributed by atoms with Gasteiger partial charge in [0.1, 0.15) is 19.3 Å². The number of ether oxygens (including phenoxy) is 4. The zero-order valence-corrected chi connectivity index (χ0v) is 50.2. The highest BCUT2D eigenvalue weighted by Crippen LogP contribution is 2.45. The number of esters is 4. The molecule has 0 heterocycles. The minimum absolute atomic E-state index is 0.103. The fourth-order valence-corrected chi connectivity index (χ4v) is 9.92. The second kappa shape index (κ2) is 51.2. The van der Waals surface area contributed by atoms with E-state index < -0.39 is 97.5 Å². The first-order valence-corrected chi connectivity index (χ1v) is 33.1. The molecule has 76 heavy (non-hydrogen) atoms. The van der Waals surface area contributed by atoms with E-state index in [-0.39, 0.29) is 25.7 Å². The molecule has 0 radical (unpaired) electrons. The summed E-state index contributed by atoms with van der Waals surface area (Å²) in [7, 11) is -9.86. The Labute approximate surface area is 460 Å². The molecule has 0 aromatic carbocycles. The van der Waals surface area contributed by atoms with E-state index >= 15 is 0 Å². The quantitative estimate of drug-likeness (QED) is 0.0222. The summed E-state index contributed by atoms with van der Waals surface area (Å²) in [6, 6.07) is 0. The van der Waals surface area contributed by atoms with Crippen LogP contribution < -0.4 is 0 Å². The monoisotopic (exact) mass is 1130 g/mol. The van der Waals surface area contributed by atoms with Gasteiger partial charge in [-0.2, -0.15) is 0 Å². The molecule has 5 atom stereocenters. The number of phosphoric acid groups is 2. The van der Waals surface area contributed by atoms with Gasteiger partial charge in [-0.3, -0.25) is 37.3 Å². The van der Waals surface area contributed by atoms with Gasteiger partial charge in [-0.1, -0.05) is 227 Å². The molecule has 450 valence electrons. The summed E-state index contributed by atoms with van der Waals surface area (Å²) < 4.78 is 67.4. The van der Waals surface area contributed by atoms with Crippen LogP contribution in [0.2, 0.25) is 0 Å². The van der Waals surface area contributed by atoms with Crippen molar-refractivity contribution in [1.82, 2.24) is 0 Å². The van der Waals surface area contributed by atoms with Gasteiger partial charge in [0.05, 0.1) is 26.4 Å². The molecule has 0 fully saturated rings. The van der Waals surface area contributed by atoms with Gasteiger partial charge >= 0.3 is 39.5 Å². The van der Waals surface area contributed by atoms with E-state index in [2.05, 4.69) is 34.6 Å². The molecule has 19 heteroatoms. The zero-order chi connectivity index (χ0) is 56.4. The van der Waals surface area contributed by atoms with Crippen LogP contribution in [0.1, 0.15) is 279 Å². The second-order valence-corrected chi connectivity index (χ2v) is 24.1. The van der Waals surface area contributed by atoms with Crippen molar-refractivity contribution in [2.75, 3.05) is 39.6 Å². The third-order valence-electron chi connectivity index (χ3n) is 13.0. The standard InChI is InChI=1S/C57H110O17P2/c1-6-9-12-15-17-18-23-27-31-36-41-55(60)68-47-53(74-57(62)43-38-33-28-24-21-19-20-22-26-30-34-39-50(4)5)49-72-76(65,66)70-45-51(58)44-69-75(63,64)71-48-52(46-67-54(59)40-35-29-14-11-8-3)73-56(61)42-37-32-25-16-13-10-7-2/h50-53,58H,6-49H2,1-5H3,(H,63,64)(H,65,66)/t51-,52+,53+/m0/s1. The Morgan fingerprint density at radius 2 is 0.605 bits per heavy atom. The Morgan fingerprint density at radius 1 is 0.355 bits per heavy atom. The number of aliphatic hydroxyl groups excluding tert-OH is 1. The Hall–Kier alpha value is -1.94. The minimum Gasteiger partial charge on any atom is -0.462 e. The van der Waals surface area contributed by atoms with Crippen molar-refractivity contribution in [2.24, 2.45) is 5.92 Å². The fraction of sp³-hybridized carbons (Fsp3) is 0.930. The molecule has 0 saturated heterocycles. The second-order valence-electron chi connectivity index (χ2n) is 21.2. The average Bonchev–Trinajstić information content (AvgIpc) is 3.38. The molecule has 2 unspecified atom stereocenters. The molecule has 0 aliphatic heterocycles. The Bertz CT molecular complexity index is 1500. The van der Waals surface area contributed by atoms with Crippen LogP contribution in [0.3, 0.4) is 0 Å². The zero-order valence-electron chi connectivity index (χ0n) is 48.4. The van der Waals surface area contributed by atoms with Gasteiger partial charge < -0.3 is 33.8 Å². The molecule has 3 N–H and O–H groups in total. The molecule has 0 amide bonds. The van der Waals surface area contributed by atoms with Crippen LogP contribution in [-0.4, -0.2) is 96.7 Å². The normalized spacial score (nSPS) is 14.4. The number of carbonyl (C=O) groups is 4. The highest BCUT2D eigenvalue weighted by molar-refractivity contribution is 7.47. The van der Waals surface area contributed by atoms with Crippen molar-refractivity contribution in [3.63, 3.8) is 0 Å².